The summed E-state index contributed by atoms with van der Waals surface area (Å²) in [6.45, 7) is -0.330. The van der Waals surface area contributed by atoms with E-state index in [4.69, 9.17) is 67.8 Å². The third kappa shape index (κ3) is 7.59. The molecule has 0 saturated heterocycles. The van der Waals surface area contributed by atoms with Crippen LogP contribution >= 0.6 is 58.0 Å². The molecule has 5 atom stereocenters. The molecule has 0 aromatic rings. The van der Waals surface area contributed by atoms with Gasteiger partial charge in [-0.2, -0.15) is 0 Å². The van der Waals surface area contributed by atoms with E-state index in [9.17, 15) is 4.39 Å². The number of halogens is 6. The molecule has 16 heavy (non-hydrogen) atoms. The third-order valence-corrected chi connectivity index (χ3v) is 3.77. The molecule has 0 aliphatic rings. The molecule has 0 spiro atoms. The van der Waals surface area contributed by atoms with Crippen LogP contribution < -0.4 is 0 Å². The Hall–Kier alpha value is 1.30. The van der Waals surface area contributed by atoms with E-state index in [0.29, 0.717) is 0 Å². The number of hydrogen-bond acceptors (Lipinski definition) is 2. The van der Waals surface area contributed by atoms with Gasteiger partial charge < -0.3 is 9.84 Å². The highest BCUT2D eigenvalue weighted by Crippen LogP contribution is 2.23. The summed E-state index contributed by atoms with van der Waals surface area (Å²) in [7, 11) is 0. The van der Waals surface area contributed by atoms with Crippen LogP contribution in [0.1, 0.15) is 12.8 Å². The van der Waals surface area contributed by atoms with Crippen molar-refractivity contribution in [2.75, 3.05) is 6.61 Å². The van der Waals surface area contributed by atoms with Crippen molar-refractivity contribution in [1.29, 1.82) is 0 Å². The monoisotopic (exact) mass is 334 g/mol. The van der Waals surface area contributed by atoms with Gasteiger partial charge in [0, 0.05) is 0 Å². The van der Waals surface area contributed by atoms with E-state index >= 15 is 0 Å². The zero-order chi connectivity index (χ0) is 12.7. The molecule has 0 aromatic heterocycles. The molecule has 2 nitrogen and oxygen atoms in total. The summed E-state index contributed by atoms with van der Waals surface area (Å²) >= 11 is 28.0. The van der Waals surface area contributed by atoms with Gasteiger partial charge in [-0.05, 0) is 12.8 Å². The molecule has 0 rings (SSSR count). The highest BCUT2D eigenvalue weighted by atomic mass is 35.5. The second-order valence-corrected chi connectivity index (χ2v) is 5.46. The summed E-state index contributed by atoms with van der Waals surface area (Å²) < 4.78 is 17.3. The maximum absolute atomic E-state index is 12.3. The smallest absolute Gasteiger partial charge is 0.173 e. The molecule has 0 saturated carbocycles. The number of ether oxygens (including phenoxy) is 1. The van der Waals surface area contributed by atoms with E-state index in [1.54, 1.807) is 0 Å². The Labute approximate surface area is 119 Å². The van der Waals surface area contributed by atoms with E-state index in [0.717, 1.165) is 0 Å². The first-order valence-electron chi connectivity index (χ1n) is 4.49. The number of hydrogen-bond donors (Lipinski definition) is 1. The first kappa shape index (κ1) is 17.3. The zero-order valence-corrected chi connectivity index (χ0v) is 11.9. The number of aliphatic hydroxyl groups excluding tert-OH is 1. The van der Waals surface area contributed by atoms with E-state index in [1.807, 2.05) is 0 Å². The molecular formula is C8H12Cl5FO2. The summed E-state index contributed by atoms with van der Waals surface area (Å²) in [5.41, 5.74) is -3.24. The lowest BCUT2D eigenvalue weighted by Crippen LogP contribution is -2.32. The largest absolute Gasteiger partial charge is 0.395 e. The molecule has 0 aromatic carbocycles. The van der Waals surface area contributed by atoms with Gasteiger partial charge in [0.2, 0.25) is 0 Å². The fourth-order valence-corrected chi connectivity index (χ4v) is 1.87. The van der Waals surface area contributed by atoms with E-state index in [-0.39, 0.29) is 19.4 Å². The minimum absolute atomic E-state index is 0.0522. The van der Waals surface area contributed by atoms with Gasteiger partial charge in [-0.1, -0.05) is 34.8 Å². The summed E-state index contributed by atoms with van der Waals surface area (Å²) in [4.78, 5) is 0. The van der Waals surface area contributed by atoms with Gasteiger partial charge in [0.15, 0.2) is 11.2 Å². The Morgan fingerprint density at radius 2 is 1.62 bits per heavy atom. The summed E-state index contributed by atoms with van der Waals surface area (Å²) in [6.07, 6.45) is 0.252. The Balaban J connectivity index is 3.89. The average molecular weight is 336 g/mol. The molecule has 0 fully saturated rings. The third-order valence-electron chi connectivity index (χ3n) is 1.66. The topological polar surface area (TPSA) is 29.5 Å². The zero-order valence-electron chi connectivity index (χ0n) is 8.13. The predicted molar refractivity (Wildman–Crippen MR) is 66.7 cm³/mol. The Kier molecular flexibility index (Phi) is 10.0. The lowest BCUT2D eigenvalue weighted by molar-refractivity contribution is 0.0677. The molecule has 0 heterocycles. The fraction of sp³-hybridized carbons (Fsp3) is 1.00. The van der Waals surface area contributed by atoms with Gasteiger partial charge in [-0.3, -0.25) is 0 Å². The maximum atomic E-state index is 12.3. The van der Waals surface area contributed by atoms with Crippen molar-refractivity contribution in [3.8, 4) is 0 Å². The number of alkyl halides is 6. The highest BCUT2D eigenvalue weighted by molar-refractivity contribution is 6.34. The summed E-state index contributed by atoms with van der Waals surface area (Å²) in [6, 6.07) is 0. The van der Waals surface area contributed by atoms with Gasteiger partial charge in [-0.15, -0.1) is 23.2 Å². The Bertz CT molecular complexity index is 186. The second-order valence-electron chi connectivity index (χ2n) is 3.01. The molecule has 1 N–H and O–H groups in total. The van der Waals surface area contributed by atoms with Crippen molar-refractivity contribution in [2.24, 2.45) is 0 Å². The van der Waals surface area contributed by atoms with Crippen LogP contribution in [0.4, 0.5) is 4.39 Å². The van der Waals surface area contributed by atoms with Crippen LogP contribution in [0.5, 0.6) is 0 Å². The SMILES string of the molecule is OCC(Cl)C(Cl)C(Cl)OC(Cl)CCC(F)Cl. The standard InChI is InChI=1S/C8H12Cl5FO2/c9-4(3-15)7(12)8(13)16-6(11)2-1-5(10)14/h4-8,15H,1-3H2. The molecule has 8 heteroatoms. The molecule has 0 bridgehead atoms. The highest BCUT2D eigenvalue weighted by Gasteiger charge is 2.27. The van der Waals surface area contributed by atoms with Crippen molar-refractivity contribution in [3.05, 3.63) is 0 Å². The molecule has 0 radical (unpaired) electrons. The normalized spacial score (nSPS) is 21.2. The van der Waals surface area contributed by atoms with Crippen molar-refractivity contribution >= 4 is 58.0 Å². The number of aliphatic hydroxyl groups is 1. The molecule has 0 aliphatic heterocycles. The van der Waals surface area contributed by atoms with Crippen LogP contribution in [0.3, 0.4) is 0 Å². The first-order valence-corrected chi connectivity index (χ1v) is 6.67. The average Bonchev–Trinajstić information content (AvgIpc) is 2.24. The molecule has 0 amide bonds. The summed E-state index contributed by atoms with van der Waals surface area (Å²) in [5, 5.41) is 7.19. The van der Waals surface area contributed by atoms with Gasteiger partial charge in [0.25, 0.3) is 0 Å². The molecular weight excluding hydrogens is 324 g/mol. The minimum atomic E-state index is -1.47. The fourth-order valence-electron chi connectivity index (χ4n) is 0.806. The lowest BCUT2D eigenvalue weighted by atomic mass is 10.3. The van der Waals surface area contributed by atoms with Crippen LogP contribution in [-0.4, -0.2) is 39.2 Å². The van der Waals surface area contributed by atoms with Crippen LogP contribution in [-0.2, 0) is 4.74 Å². The van der Waals surface area contributed by atoms with E-state index in [2.05, 4.69) is 0 Å². The van der Waals surface area contributed by atoms with Crippen molar-refractivity contribution in [2.45, 2.75) is 40.4 Å². The minimum Gasteiger partial charge on any atom is -0.395 e. The van der Waals surface area contributed by atoms with Gasteiger partial charge in [0.05, 0.1) is 17.4 Å². The first-order chi connectivity index (χ1) is 7.38. The predicted octanol–water partition coefficient (Wildman–Crippen LogP) is 3.65. The van der Waals surface area contributed by atoms with Gasteiger partial charge >= 0.3 is 0 Å². The van der Waals surface area contributed by atoms with E-state index in [1.165, 1.54) is 0 Å². The Morgan fingerprint density at radius 3 is 2.06 bits per heavy atom. The molecule has 5 unspecified atom stereocenters. The second kappa shape index (κ2) is 9.26. The van der Waals surface area contributed by atoms with E-state index < -0.39 is 27.5 Å². The van der Waals surface area contributed by atoms with Gasteiger partial charge in [0.1, 0.15) is 5.56 Å². The van der Waals surface area contributed by atoms with Crippen molar-refractivity contribution in [3.63, 3.8) is 0 Å². The van der Waals surface area contributed by atoms with Crippen molar-refractivity contribution in [1.82, 2.24) is 0 Å². The number of rotatable bonds is 8. The summed E-state index contributed by atoms with van der Waals surface area (Å²) in [5.74, 6) is 0. The van der Waals surface area contributed by atoms with Crippen LogP contribution in [0.2, 0.25) is 0 Å². The molecule has 98 valence electrons. The van der Waals surface area contributed by atoms with Crippen LogP contribution in [0, 0.1) is 0 Å². The van der Waals surface area contributed by atoms with Crippen molar-refractivity contribution < 1.29 is 14.2 Å². The quantitative estimate of drug-likeness (QED) is 0.686. The maximum Gasteiger partial charge on any atom is 0.173 e. The Morgan fingerprint density at radius 1 is 1.06 bits per heavy atom. The van der Waals surface area contributed by atoms with Crippen LogP contribution in [0.25, 0.3) is 0 Å². The lowest BCUT2D eigenvalue weighted by Gasteiger charge is -2.22. The van der Waals surface area contributed by atoms with Gasteiger partial charge in [-0.25, -0.2) is 4.39 Å². The van der Waals surface area contributed by atoms with Crippen LogP contribution in [0.15, 0.2) is 0 Å². The molecule has 0 aliphatic carbocycles.